The molecular weight excluding hydrogens is 323 g/mol. The van der Waals surface area contributed by atoms with Gasteiger partial charge >= 0.3 is 0 Å². The maximum Gasteiger partial charge on any atom is 0.259 e. The van der Waals surface area contributed by atoms with Crippen molar-refractivity contribution in [3.63, 3.8) is 0 Å². The Labute approximate surface area is 144 Å². The molecule has 1 aliphatic heterocycles. The van der Waals surface area contributed by atoms with E-state index in [4.69, 9.17) is 9.26 Å². The van der Waals surface area contributed by atoms with Crippen LogP contribution < -0.4 is 5.32 Å². The van der Waals surface area contributed by atoms with Crippen LogP contribution in [0.2, 0.25) is 0 Å². The molecule has 6 nitrogen and oxygen atoms in total. The largest absolute Gasteiger partial charge is 0.376 e. The van der Waals surface area contributed by atoms with Crippen molar-refractivity contribution < 1.29 is 13.7 Å². The summed E-state index contributed by atoms with van der Waals surface area (Å²) in [6, 6.07) is 9.68. The lowest BCUT2D eigenvalue weighted by Gasteiger charge is -2.11. The zero-order valence-electron chi connectivity index (χ0n) is 13.5. The van der Waals surface area contributed by atoms with Gasteiger partial charge in [-0.1, -0.05) is 5.16 Å². The Balaban J connectivity index is 1.44. The Morgan fingerprint density at radius 3 is 2.68 bits per heavy atom. The molecule has 0 aliphatic carbocycles. The predicted molar refractivity (Wildman–Crippen MR) is 90.4 cm³/mol. The van der Waals surface area contributed by atoms with E-state index < -0.39 is 0 Å². The zero-order chi connectivity index (χ0) is 17.1. The van der Waals surface area contributed by atoms with Crippen molar-refractivity contribution in [3.05, 3.63) is 48.4 Å². The molecule has 0 amide bonds. The summed E-state index contributed by atoms with van der Waals surface area (Å²) in [6.07, 6.45) is 4.14. The van der Waals surface area contributed by atoms with E-state index in [2.05, 4.69) is 20.4 Å². The summed E-state index contributed by atoms with van der Waals surface area (Å²) in [5.74, 6) is 1.26. The van der Waals surface area contributed by atoms with Crippen molar-refractivity contribution in [3.8, 4) is 22.8 Å². The van der Waals surface area contributed by atoms with Gasteiger partial charge in [-0.2, -0.15) is 4.98 Å². The van der Waals surface area contributed by atoms with Crippen molar-refractivity contribution in [1.29, 1.82) is 0 Å². The average molecular weight is 340 g/mol. The third-order valence-electron chi connectivity index (χ3n) is 4.07. The van der Waals surface area contributed by atoms with Crippen LogP contribution in [0.5, 0.6) is 0 Å². The highest BCUT2D eigenvalue weighted by molar-refractivity contribution is 5.60. The van der Waals surface area contributed by atoms with Crippen LogP contribution in [0.4, 0.5) is 10.2 Å². The topological polar surface area (TPSA) is 73.1 Å². The minimum absolute atomic E-state index is 0.260. The van der Waals surface area contributed by atoms with E-state index in [1.807, 2.05) is 12.1 Å². The Kier molecular flexibility index (Phi) is 4.39. The number of rotatable bonds is 5. The first-order valence-electron chi connectivity index (χ1n) is 8.19. The van der Waals surface area contributed by atoms with E-state index in [1.165, 1.54) is 12.1 Å². The van der Waals surface area contributed by atoms with Crippen molar-refractivity contribution in [2.75, 3.05) is 18.5 Å². The van der Waals surface area contributed by atoms with Gasteiger partial charge in [0, 0.05) is 24.9 Å². The van der Waals surface area contributed by atoms with Crippen LogP contribution in [0.15, 0.2) is 47.1 Å². The maximum absolute atomic E-state index is 13.0. The van der Waals surface area contributed by atoms with Gasteiger partial charge < -0.3 is 14.6 Å². The minimum atomic E-state index is -0.303. The molecule has 3 aromatic rings. The van der Waals surface area contributed by atoms with Gasteiger partial charge in [0.2, 0.25) is 5.82 Å². The molecule has 0 unspecified atom stereocenters. The lowest BCUT2D eigenvalue weighted by Crippen LogP contribution is -2.18. The first kappa shape index (κ1) is 15.7. The molecule has 1 fully saturated rings. The number of hydrogen-bond donors (Lipinski definition) is 1. The number of pyridine rings is 1. The maximum atomic E-state index is 13.0. The van der Waals surface area contributed by atoms with Crippen molar-refractivity contribution in [2.24, 2.45) is 0 Å². The summed E-state index contributed by atoms with van der Waals surface area (Å²) in [5.41, 5.74) is 1.42. The van der Waals surface area contributed by atoms with Gasteiger partial charge in [0.25, 0.3) is 5.89 Å². The third kappa shape index (κ3) is 3.66. The highest BCUT2D eigenvalue weighted by atomic mass is 19.1. The first-order chi connectivity index (χ1) is 12.3. The zero-order valence-corrected chi connectivity index (χ0v) is 13.5. The highest BCUT2D eigenvalue weighted by Crippen LogP contribution is 2.22. The Morgan fingerprint density at radius 2 is 1.96 bits per heavy atom. The van der Waals surface area contributed by atoms with Crippen LogP contribution >= 0.6 is 0 Å². The molecule has 4 rings (SSSR count). The number of aromatic nitrogens is 3. The summed E-state index contributed by atoms with van der Waals surface area (Å²) in [7, 11) is 0. The first-order valence-corrected chi connectivity index (χ1v) is 8.19. The van der Waals surface area contributed by atoms with Gasteiger partial charge in [-0.05, 0) is 49.2 Å². The van der Waals surface area contributed by atoms with Gasteiger partial charge in [-0.25, -0.2) is 9.37 Å². The van der Waals surface area contributed by atoms with Gasteiger partial charge in [0.1, 0.15) is 11.6 Å². The van der Waals surface area contributed by atoms with Crippen LogP contribution in [-0.2, 0) is 4.74 Å². The van der Waals surface area contributed by atoms with Gasteiger partial charge in [0.15, 0.2) is 0 Å². The Morgan fingerprint density at radius 1 is 1.12 bits per heavy atom. The molecule has 0 bridgehead atoms. The molecule has 1 aromatic carbocycles. The molecule has 0 spiro atoms. The van der Waals surface area contributed by atoms with Crippen molar-refractivity contribution in [1.82, 2.24) is 15.1 Å². The summed E-state index contributed by atoms with van der Waals surface area (Å²) < 4.78 is 23.8. The summed E-state index contributed by atoms with van der Waals surface area (Å²) in [5, 5.41) is 7.20. The number of ether oxygens (including phenoxy) is 1. The third-order valence-corrected chi connectivity index (χ3v) is 4.07. The number of anilines is 1. The van der Waals surface area contributed by atoms with Crippen LogP contribution in [0, 0.1) is 5.82 Å². The summed E-state index contributed by atoms with van der Waals surface area (Å²) >= 11 is 0. The Bertz CT molecular complexity index is 827. The molecule has 1 atom stereocenters. The van der Waals surface area contributed by atoms with E-state index in [-0.39, 0.29) is 11.9 Å². The Hall–Kier alpha value is -2.80. The molecule has 3 heterocycles. The molecular formula is C18H17FN4O2. The summed E-state index contributed by atoms with van der Waals surface area (Å²) in [4.78, 5) is 8.70. The van der Waals surface area contributed by atoms with Crippen LogP contribution in [0.25, 0.3) is 22.8 Å². The molecule has 1 saturated heterocycles. The molecule has 0 radical (unpaired) electrons. The quantitative estimate of drug-likeness (QED) is 0.766. The molecule has 7 heteroatoms. The average Bonchev–Trinajstić information content (AvgIpc) is 3.33. The second-order valence-corrected chi connectivity index (χ2v) is 5.88. The molecule has 1 N–H and O–H groups in total. The fraction of sp³-hybridized carbons (Fsp3) is 0.278. The van der Waals surface area contributed by atoms with Crippen LogP contribution in [0.3, 0.4) is 0 Å². The van der Waals surface area contributed by atoms with Gasteiger partial charge in [-0.15, -0.1) is 0 Å². The minimum Gasteiger partial charge on any atom is -0.376 e. The fourth-order valence-corrected chi connectivity index (χ4v) is 2.71. The molecule has 2 aromatic heterocycles. The van der Waals surface area contributed by atoms with E-state index >= 15 is 0 Å². The lowest BCUT2D eigenvalue weighted by atomic mass is 10.2. The smallest absolute Gasteiger partial charge is 0.259 e. The number of hydrogen-bond acceptors (Lipinski definition) is 6. The lowest BCUT2D eigenvalue weighted by molar-refractivity contribution is 0.120. The van der Waals surface area contributed by atoms with Crippen LogP contribution in [0.1, 0.15) is 12.8 Å². The number of halogens is 1. The molecule has 128 valence electrons. The van der Waals surface area contributed by atoms with Crippen molar-refractivity contribution in [2.45, 2.75) is 18.9 Å². The van der Waals surface area contributed by atoms with E-state index in [9.17, 15) is 4.39 Å². The van der Waals surface area contributed by atoms with E-state index in [0.717, 1.165) is 37.4 Å². The number of nitrogens with one attached hydrogen (secondary N) is 1. The molecule has 1 aliphatic rings. The SMILES string of the molecule is Fc1ccc(-c2noc(-c3ccc(NC[C@H]4CCCO4)nc3)n2)cc1. The number of benzene rings is 1. The van der Waals surface area contributed by atoms with Crippen LogP contribution in [-0.4, -0.2) is 34.4 Å². The second-order valence-electron chi connectivity index (χ2n) is 5.88. The second kappa shape index (κ2) is 6.98. The standard InChI is InChI=1S/C18H17FN4O2/c19-14-6-3-12(4-7-14)17-22-18(25-23-17)13-5-8-16(20-10-13)21-11-15-2-1-9-24-15/h3-8,10,15H,1-2,9,11H2,(H,20,21)/t15-/m1/s1. The van der Waals surface area contributed by atoms with Gasteiger partial charge in [-0.3, -0.25) is 0 Å². The predicted octanol–water partition coefficient (Wildman–Crippen LogP) is 3.53. The molecule has 0 saturated carbocycles. The monoisotopic (exact) mass is 340 g/mol. The van der Waals surface area contributed by atoms with E-state index in [1.54, 1.807) is 18.3 Å². The highest BCUT2D eigenvalue weighted by Gasteiger charge is 2.15. The fourth-order valence-electron chi connectivity index (χ4n) is 2.71. The summed E-state index contributed by atoms with van der Waals surface area (Å²) in [6.45, 7) is 1.59. The van der Waals surface area contributed by atoms with E-state index in [0.29, 0.717) is 17.3 Å². The normalized spacial score (nSPS) is 16.9. The van der Waals surface area contributed by atoms with Gasteiger partial charge in [0.05, 0.1) is 11.7 Å². The molecule has 25 heavy (non-hydrogen) atoms. The number of nitrogens with zero attached hydrogens (tertiary/aromatic N) is 3. The van der Waals surface area contributed by atoms with Crippen molar-refractivity contribution >= 4 is 5.82 Å².